The van der Waals surface area contributed by atoms with Crippen LogP contribution in [0.2, 0.25) is 0 Å². The molecule has 2 rings (SSSR count). The van der Waals surface area contributed by atoms with Gasteiger partial charge in [0.25, 0.3) is 0 Å². The predicted molar refractivity (Wildman–Crippen MR) is 92.8 cm³/mol. The van der Waals surface area contributed by atoms with E-state index >= 15 is 0 Å². The van der Waals surface area contributed by atoms with E-state index in [0.717, 1.165) is 18.0 Å². The summed E-state index contributed by atoms with van der Waals surface area (Å²) in [6, 6.07) is 2.38. The van der Waals surface area contributed by atoms with Crippen molar-refractivity contribution in [2.24, 2.45) is 5.92 Å². The maximum absolute atomic E-state index is 3.87. The van der Waals surface area contributed by atoms with Crippen molar-refractivity contribution in [2.75, 3.05) is 13.1 Å². The van der Waals surface area contributed by atoms with Crippen LogP contribution in [0.5, 0.6) is 0 Å². The Morgan fingerprint density at radius 1 is 1.00 bits per heavy atom. The Bertz CT molecular complexity index is 273. The molecule has 0 bridgehead atoms. The molecule has 1 aliphatic carbocycles. The van der Waals surface area contributed by atoms with Crippen LogP contribution in [0.3, 0.4) is 0 Å². The van der Waals surface area contributed by atoms with Gasteiger partial charge in [-0.15, -0.1) is 0 Å². The van der Waals surface area contributed by atoms with Crippen LogP contribution in [-0.4, -0.2) is 36.1 Å². The van der Waals surface area contributed by atoms with Gasteiger partial charge in [0, 0.05) is 18.1 Å². The summed E-state index contributed by atoms with van der Waals surface area (Å²) in [5.41, 5.74) is 0. The van der Waals surface area contributed by atoms with E-state index in [1.807, 2.05) is 0 Å². The van der Waals surface area contributed by atoms with Gasteiger partial charge in [0.15, 0.2) is 0 Å². The number of nitrogens with one attached hydrogen (secondary N) is 1. The molecule has 1 aliphatic heterocycles. The summed E-state index contributed by atoms with van der Waals surface area (Å²) in [7, 11) is 0. The van der Waals surface area contributed by atoms with Crippen LogP contribution in [-0.2, 0) is 0 Å². The summed E-state index contributed by atoms with van der Waals surface area (Å²) < 4.78 is 0. The average molecular weight is 295 g/mol. The van der Waals surface area contributed by atoms with Crippen molar-refractivity contribution in [3.8, 4) is 0 Å². The van der Waals surface area contributed by atoms with Gasteiger partial charge in [-0.3, -0.25) is 4.90 Å². The fourth-order valence-corrected chi connectivity index (χ4v) is 4.90. The first-order valence-corrected chi connectivity index (χ1v) is 9.80. The van der Waals surface area contributed by atoms with Crippen molar-refractivity contribution < 1.29 is 0 Å². The van der Waals surface area contributed by atoms with Crippen LogP contribution in [0.4, 0.5) is 0 Å². The van der Waals surface area contributed by atoms with Crippen molar-refractivity contribution in [3.05, 3.63) is 0 Å². The highest BCUT2D eigenvalue weighted by molar-refractivity contribution is 4.94. The van der Waals surface area contributed by atoms with Crippen molar-refractivity contribution in [1.29, 1.82) is 0 Å². The number of likely N-dealkylation sites (tertiary alicyclic amines) is 1. The van der Waals surface area contributed by atoms with Gasteiger partial charge in [0.2, 0.25) is 0 Å². The van der Waals surface area contributed by atoms with Crippen molar-refractivity contribution in [1.82, 2.24) is 10.2 Å². The Morgan fingerprint density at radius 2 is 1.76 bits per heavy atom. The molecule has 21 heavy (non-hydrogen) atoms. The summed E-state index contributed by atoms with van der Waals surface area (Å²) >= 11 is 0. The Hall–Kier alpha value is -0.0800. The van der Waals surface area contributed by atoms with Crippen LogP contribution in [0.1, 0.15) is 85.0 Å². The minimum Gasteiger partial charge on any atom is -0.312 e. The zero-order chi connectivity index (χ0) is 15.1. The molecule has 1 heterocycles. The van der Waals surface area contributed by atoms with E-state index in [0.29, 0.717) is 6.04 Å². The van der Waals surface area contributed by atoms with Gasteiger partial charge in [0.05, 0.1) is 0 Å². The topological polar surface area (TPSA) is 15.3 Å². The lowest BCUT2D eigenvalue weighted by atomic mass is 9.92. The average Bonchev–Trinajstić information content (AvgIpc) is 3.16. The molecule has 2 heteroatoms. The molecular formula is C19H38N2. The zero-order valence-electron chi connectivity index (χ0n) is 14.7. The third-order valence-corrected chi connectivity index (χ3v) is 5.85. The van der Waals surface area contributed by atoms with Crippen molar-refractivity contribution >= 4 is 0 Å². The standard InChI is InChI=1S/C19H38N2/c1-4-10-17(20-14-5-2)18(6-3)21-15-9-13-19(21)16-11-7-8-12-16/h16-20H,4-15H2,1-3H3. The van der Waals surface area contributed by atoms with Gasteiger partial charge in [-0.2, -0.15) is 0 Å². The Labute approximate surface area is 133 Å². The van der Waals surface area contributed by atoms with Crippen LogP contribution in [0.25, 0.3) is 0 Å². The van der Waals surface area contributed by atoms with E-state index in [9.17, 15) is 0 Å². The molecule has 0 aromatic carbocycles. The molecule has 0 amide bonds. The summed E-state index contributed by atoms with van der Waals surface area (Å²) in [6.45, 7) is 9.57. The SMILES string of the molecule is CCCNC(CCC)C(CC)N1CCCC1C1CCCC1. The Kier molecular flexibility index (Phi) is 7.53. The molecule has 124 valence electrons. The number of hydrogen-bond donors (Lipinski definition) is 1. The van der Waals surface area contributed by atoms with E-state index in [-0.39, 0.29) is 0 Å². The highest BCUT2D eigenvalue weighted by Gasteiger charge is 2.38. The van der Waals surface area contributed by atoms with Crippen LogP contribution in [0.15, 0.2) is 0 Å². The maximum atomic E-state index is 3.87. The van der Waals surface area contributed by atoms with Gasteiger partial charge >= 0.3 is 0 Å². The fourth-order valence-electron chi connectivity index (χ4n) is 4.90. The van der Waals surface area contributed by atoms with E-state index in [2.05, 4.69) is 31.0 Å². The lowest BCUT2D eigenvalue weighted by molar-refractivity contribution is 0.100. The van der Waals surface area contributed by atoms with Crippen LogP contribution >= 0.6 is 0 Å². The number of hydrogen-bond acceptors (Lipinski definition) is 2. The molecule has 1 N–H and O–H groups in total. The molecule has 3 atom stereocenters. The second kappa shape index (κ2) is 9.15. The van der Waals surface area contributed by atoms with Crippen molar-refractivity contribution in [2.45, 2.75) is 103 Å². The first-order valence-electron chi connectivity index (χ1n) is 9.80. The van der Waals surface area contributed by atoms with Crippen LogP contribution < -0.4 is 5.32 Å². The predicted octanol–water partition coefficient (Wildman–Crippen LogP) is 4.59. The van der Waals surface area contributed by atoms with Gasteiger partial charge in [-0.25, -0.2) is 0 Å². The molecule has 2 fully saturated rings. The first-order chi connectivity index (χ1) is 10.3. The summed E-state index contributed by atoms with van der Waals surface area (Å²) in [4.78, 5) is 2.93. The minimum atomic E-state index is 0.710. The fraction of sp³-hybridized carbons (Fsp3) is 1.00. The van der Waals surface area contributed by atoms with E-state index in [1.54, 1.807) is 0 Å². The molecule has 0 spiro atoms. The van der Waals surface area contributed by atoms with Gasteiger partial charge in [-0.1, -0.05) is 40.0 Å². The summed E-state index contributed by atoms with van der Waals surface area (Å²) in [5, 5.41) is 3.87. The molecule has 1 saturated carbocycles. The Morgan fingerprint density at radius 3 is 2.38 bits per heavy atom. The van der Waals surface area contributed by atoms with E-state index < -0.39 is 0 Å². The summed E-state index contributed by atoms with van der Waals surface area (Å²) in [5.74, 6) is 1.01. The van der Waals surface area contributed by atoms with Gasteiger partial charge in [-0.05, 0) is 64.0 Å². The van der Waals surface area contributed by atoms with Gasteiger partial charge < -0.3 is 5.32 Å². The Balaban J connectivity index is 2.01. The lowest BCUT2D eigenvalue weighted by Crippen LogP contribution is -2.53. The zero-order valence-corrected chi connectivity index (χ0v) is 14.7. The van der Waals surface area contributed by atoms with E-state index in [4.69, 9.17) is 0 Å². The first kappa shape index (κ1) is 17.3. The monoisotopic (exact) mass is 294 g/mol. The highest BCUT2D eigenvalue weighted by Crippen LogP contribution is 2.37. The smallest absolute Gasteiger partial charge is 0.0249 e. The lowest BCUT2D eigenvalue weighted by Gasteiger charge is -2.40. The third-order valence-electron chi connectivity index (χ3n) is 5.85. The largest absolute Gasteiger partial charge is 0.312 e. The quantitative estimate of drug-likeness (QED) is 0.669. The number of rotatable bonds is 9. The highest BCUT2D eigenvalue weighted by atomic mass is 15.2. The maximum Gasteiger partial charge on any atom is 0.0249 e. The molecule has 0 radical (unpaired) electrons. The second-order valence-corrected chi connectivity index (χ2v) is 7.32. The molecule has 2 nitrogen and oxygen atoms in total. The molecule has 0 aromatic rings. The van der Waals surface area contributed by atoms with Crippen LogP contribution in [0, 0.1) is 5.92 Å². The second-order valence-electron chi connectivity index (χ2n) is 7.32. The molecule has 0 aromatic heterocycles. The van der Waals surface area contributed by atoms with Gasteiger partial charge in [0.1, 0.15) is 0 Å². The molecular weight excluding hydrogens is 256 g/mol. The normalized spacial score (nSPS) is 27.3. The molecule has 1 saturated heterocycles. The molecule has 3 unspecified atom stereocenters. The third kappa shape index (κ3) is 4.45. The molecule has 2 aliphatic rings. The summed E-state index contributed by atoms with van der Waals surface area (Å²) in [6.07, 6.45) is 14.1. The van der Waals surface area contributed by atoms with Crippen molar-refractivity contribution in [3.63, 3.8) is 0 Å². The number of nitrogens with zero attached hydrogens (tertiary/aromatic N) is 1. The minimum absolute atomic E-state index is 0.710. The van der Waals surface area contributed by atoms with E-state index in [1.165, 1.54) is 77.3 Å².